The van der Waals surface area contributed by atoms with Crippen LogP contribution in [0.25, 0.3) is 0 Å². The van der Waals surface area contributed by atoms with Crippen LogP contribution in [-0.4, -0.2) is 24.0 Å². The molecule has 0 fully saturated rings. The Hall–Kier alpha value is -4.20. The Balaban J connectivity index is 1.56. The minimum absolute atomic E-state index is 0.0260. The second-order valence-corrected chi connectivity index (χ2v) is 6.57. The summed E-state index contributed by atoms with van der Waals surface area (Å²) in [6, 6.07) is 20.7. The van der Waals surface area contributed by atoms with Gasteiger partial charge in [-0.2, -0.15) is 4.57 Å². The van der Waals surface area contributed by atoms with E-state index in [-0.39, 0.29) is 18.0 Å². The van der Waals surface area contributed by atoms with Crippen LogP contribution in [0.4, 0.5) is 5.69 Å². The first-order valence-corrected chi connectivity index (χ1v) is 9.56. The number of amides is 2. The zero-order valence-electron chi connectivity index (χ0n) is 16.8. The van der Waals surface area contributed by atoms with E-state index in [1.54, 1.807) is 65.4 Å². The van der Waals surface area contributed by atoms with Gasteiger partial charge in [0.1, 0.15) is 5.56 Å². The van der Waals surface area contributed by atoms with E-state index in [0.717, 1.165) is 0 Å². The van der Waals surface area contributed by atoms with Crippen molar-refractivity contribution in [1.82, 2.24) is 0 Å². The van der Waals surface area contributed by atoms with Crippen LogP contribution in [0.3, 0.4) is 0 Å². The molecule has 0 bridgehead atoms. The number of nitrogens with zero attached hydrogens (tertiary/aromatic N) is 3. The largest absolute Gasteiger partial charge is 0.435 e. The Bertz CT molecular complexity index is 1090. The minimum atomic E-state index is -0.927. The number of anilines is 1. The highest BCUT2D eigenvalue weighted by Gasteiger charge is 2.15. The summed E-state index contributed by atoms with van der Waals surface area (Å²) in [5.74, 6) is -1.40. The third-order valence-electron chi connectivity index (χ3n) is 4.09. The van der Waals surface area contributed by atoms with Crippen molar-refractivity contribution >= 4 is 23.5 Å². The van der Waals surface area contributed by atoms with Gasteiger partial charge in [0, 0.05) is 11.8 Å². The molecule has 1 unspecified atom stereocenters. The van der Waals surface area contributed by atoms with Crippen molar-refractivity contribution in [2.75, 3.05) is 5.32 Å². The smallest absolute Gasteiger partial charge is 0.340 e. The van der Waals surface area contributed by atoms with Crippen LogP contribution < -0.4 is 9.88 Å². The SMILES string of the molecule is CC(N=NC(=O)c1ccc[n+](CC(=O)Nc2ccccc2)c1)OC(=O)c1ccccc1. The number of pyridine rings is 1. The van der Waals surface area contributed by atoms with Gasteiger partial charge in [-0.15, -0.1) is 10.2 Å². The standard InChI is InChI=1S/C23H20N4O4/c1-17(31-23(30)18-9-4-2-5-10-18)25-26-22(29)19-11-8-14-27(15-19)16-21(28)24-20-12-6-3-7-13-20/h2-15,17H,16H2,1H3/p+1. The second kappa shape index (κ2) is 10.5. The summed E-state index contributed by atoms with van der Waals surface area (Å²) < 4.78 is 6.72. The fourth-order valence-electron chi connectivity index (χ4n) is 2.65. The van der Waals surface area contributed by atoms with E-state index in [1.807, 2.05) is 18.2 Å². The van der Waals surface area contributed by atoms with E-state index < -0.39 is 18.1 Å². The number of azo groups is 1. The quantitative estimate of drug-likeness (QED) is 0.362. The van der Waals surface area contributed by atoms with Crippen LogP contribution in [0.15, 0.2) is 95.4 Å². The summed E-state index contributed by atoms with van der Waals surface area (Å²) in [6.45, 7) is 1.54. The zero-order chi connectivity index (χ0) is 22.1. The third kappa shape index (κ3) is 6.67. The molecule has 0 saturated carbocycles. The first kappa shape index (κ1) is 21.5. The van der Waals surface area contributed by atoms with E-state index >= 15 is 0 Å². The van der Waals surface area contributed by atoms with Crippen LogP contribution in [0, 0.1) is 0 Å². The van der Waals surface area contributed by atoms with E-state index in [1.165, 1.54) is 13.1 Å². The van der Waals surface area contributed by atoms with Gasteiger partial charge in [0.25, 0.3) is 5.91 Å². The molecule has 1 heterocycles. The first-order chi connectivity index (χ1) is 15.0. The Morgan fingerprint density at radius 1 is 0.935 bits per heavy atom. The molecule has 0 aliphatic carbocycles. The summed E-state index contributed by atoms with van der Waals surface area (Å²) >= 11 is 0. The van der Waals surface area contributed by atoms with Crippen LogP contribution in [0.5, 0.6) is 0 Å². The monoisotopic (exact) mass is 417 g/mol. The molecule has 1 aromatic heterocycles. The van der Waals surface area contributed by atoms with Gasteiger partial charge in [-0.3, -0.25) is 9.59 Å². The topological polar surface area (TPSA) is 101 Å². The average Bonchev–Trinajstić information content (AvgIpc) is 2.78. The second-order valence-electron chi connectivity index (χ2n) is 6.57. The molecular formula is C23H21N4O4+. The third-order valence-corrected chi connectivity index (χ3v) is 4.09. The van der Waals surface area contributed by atoms with Gasteiger partial charge in [-0.05, 0) is 37.3 Å². The summed E-state index contributed by atoms with van der Waals surface area (Å²) in [6.07, 6.45) is 2.25. The van der Waals surface area contributed by atoms with Crippen molar-refractivity contribution in [3.05, 3.63) is 96.3 Å². The molecule has 2 aromatic carbocycles. The Kier molecular flexibility index (Phi) is 7.31. The van der Waals surface area contributed by atoms with Gasteiger partial charge in [-0.25, -0.2) is 4.79 Å². The lowest BCUT2D eigenvalue weighted by Gasteiger charge is -2.07. The number of carbonyl (C=O) groups is 3. The number of para-hydroxylation sites is 1. The molecule has 0 spiro atoms. The van der Waals surface area contributed by atoms with Crippen LogP contribution in [-0.2, 0) is 16.1 Å². The predicted octanol–water partition coefficient (Wildman–Crippen LogP) is 3.41. The van der Waals surface area contributed by atoms with Gasteiger partial charge in [0.05, 0.1) is 5.56 Å². The van der Waals surface area contributed by atoms with Crippen molar-refractivity contribution in [3.63, 3.8) is 0 Å². The Morgan fingerprint density at radius 3 is 2.29 bits per heavy atom. The molecule has 1 N–H and O–H groups in total. The maximum absolute atomic E-state index is 12.3. The molecule has 0 saturated heterocycles. The van der Waals surface area contributed by atoms with Gasteiger partial charge in [0.15, 0.2) is 12.4 Å². The van der Waals surface area contributed by atoms with Crippen molar-refractivity contribution in [1.29, 1.82) is 0 Å². The fraction of sp³-hybridized carbons (Fsp3) is 0.130. The maximum Gasteiger partial charge on any atom is 0.340 e. The molecule has 156 valence electrons. The lowest BCUT2D eigenvalue weighted by molar-refractivity contribution is -0.684. The highest BCUT2D eigenvalue weighted by atomic mass is 16.6. The van der Waals surface area contributed by atoms with Crippen LogP contribution in [0.2, 0.25) is 0 Å². The number of benzene rings is 2. The first-order valence-electron chi connectivity index (χ1n) is 9.56. The van der Waals surface area contributed by atoms with E-state index in [2.05, 4.69) is 15.5 Å². The lowest BCUT2D eigenvalue weighted by atomic mass is 10.2. The number of rotatable bonds is 7. The Morgan fingerprint density at radius 2 is 1.58 bits per heavy atom. The molecular weight excluding hydrogens is 396 g/mol. The summed E-state index contributed by atoms with van der Waals surface area (Å²) in [7, 11) is 0. The van der Waals surface area contributed by atoms with Crippen molar-refractivity contribution in [2.24, 2.45) is 10.2 Å². The molecule has 2 amide bonds. The number of hydrogen-bond donors (Lipinski definition) is 1. The molecule has 0 aliphatic heterocycles. The lowest BCUT2D eigenvalue weighted by Crippen LogP contribution is -2.40. The van der Waals surface area contributed by atoms with Gasteiger partial charge in [-0.1, -0.05) is 36.4 Å². The molecule has 0 radical (unpaired) electrons. The number of esters is 1. The van der Waals surface area contributed by atoms with Crippen molar-refractivity contribution < 1.29 is 23.7 Å². The van der Waals surface area contributed by atoms with Crippen molar-refractivity contribution in [3.8, 4) is 0 Å². The summed E-state index contributed by atoms with van der Waals surface area (Å²) in [4.78, 5) is 36.5. The Labute approximate surface area is 179 Å². The molecule has 8 heteroatoms. The zero-order valence-corrected chi connectivity index (χ0v) is 16.8. The molecule has 8 nitrogen and oxygen atoms in total. The highest BCUT2D eigenvalue weighted by molar-refractivity contribution is 5.94. The van der Waals surface area contributed by atoms with E-state index in [0.29, 0.717) is 11.3 Å². The normalized spacial score (nSPS) is 11.6. The van der Waals surface area contributed by atoms with Crippen LogP contribution in [0.1, 0.15) is 27.6 Å². The fourth-order valence-corrected chi connectivity index (χ4v) is 2.65. The molecule has 0 aliphatic rings. The number of ether oxygens (including phenoxy) is 1. The van der Waals surface area contributed by atoms with E-state index in [4.69, 9.17) is 4.74 Å². The van der Waals surface area contributed by atoms with Gasteiger partial charge >= 0.3 is 11.9 Å². The molecule has 3 rings (SSSR count). The molecule has 3 aromatic rings. The highest BCUT2D eigenvalue weighted by Crippen LogP contribution is 2.07. The predicted molar refractivity (Wildman–Crippen MR) is 112 cm³/mol. The van der Waals surface area contributed by atoms with E-state index in [9.17, 15) is 14.4 Å². The van der Waals surface area contributed by atoms with Gasteiger partial charge < -0.3 is 10.1 Å². The number of carbonyl (C=O) groups excluding carboxylic acids is 3. The average molecular weight is 417 g/mol. The van der Waals surface area contributed by atoms with Gasteiger partial charge in [0.2, 0.25) is 12.8 Å². The molecule has 31 heavy (non-hydrogen) atoms. The molecule has 1 atom stereocenters. The van der Waals surface area contributed by atoms with Crippen LogP contribution >= 0.6 is 0 Å². The number of hydrogen-bond acceptors (Lipinski definition) is 5. The number of nitrogens with one attached hydrogen (secondary N) is 1. The number of aromatic nitrogens is 1. The summed E-state index contributed by atoms with van der Waals surface area (Å²) in [5.41, 5.74) is 1.32. The van der Waals surface area contributed by atoms with Crippen molar-refractivity contribution in [2.45, 2.75) is 19.7 Å². The minimum Gasteiger partial charge on any atom is -0.435 e. The summed E-state index contributed by atoms with van der Waals surface area (Å²) in [5, 5.41) is 10.2. The maximum atomic E-state index is 12.3.